The molecule has 0 radical (unpaired) electrons. The Hall–Kier alpha value is -1.38. The van der Waals surface area contributed by atoms with Crippen LogP contribution in [0.5, 0.6) is 0 Å². The number of nitrogens with zero attached hydrogens (tertiary/aromatic N) is 1. The Morgan fingerprint density at radius 3 is 2.62 bits per heavy atom. The molecule has 0 aliphatic heterocycles. The van der Waals surface area contributed by atoms with E-state index in [-0.39, 0.29) is 5.82 Å². The number of aldehydes is 1. The molecule has 0 N–H and O–H groups in total. The Bertz CT molecular complexity index is 363. The van der Waals surface area contributed by atoms with Crippen LogP contribution in [-0.4, -0.2) is 19.4 Å². The molecular weight excluding hydrogens is 205 g/mol. The van der Waals surface area contributed by atoms with Crippen LogP contribution < -0.4 is 4.90 Å². The van der Waals surface area contributed by atoms with Gasteiger partial charge in [-0.25, -0.2) is 4.39 Å². The van der Waals surface area contributed by atoms with Crippen LogP contribution in [0.4, 0.5) is 10.1 Å². The third kappa shape index (κ3) is 2.81. The minimum Gasteiger partial charge on any atom is -0.369 e. The van der Waals surface area contributed by atoms with Gasteiger partial charge in [-0.05, 0) is 25.0 Å². The molecule has 0 aliphatic carbocycles. The zero-order valence-corrected chi connectivity index (χ0v) is 10.0. The van der Waals surface area contributed by atoms with Crippen LogP contribution in [0.2, 0.25) is 0 Å². The summed E-state index contributed by atoms with van der Waals surface area (Å²) < 4.78 is 13.7. The van der Waals surface area contributed by atoms with Gasteiger partial charge in [0.05, 0.1) is 5.69 Å². The molecular formula is C13H18FNO. The molecule has 0 spiro atoms. The first-order chi connectivity index (χ1) is 7.60. The van der Waals surface area contributed by atoms with Gasteiger partial charge < -0.3 is 4.90 Å². The van der Waals surface area contributed by atoms with Crippen LogP contribution in [0, 0.1) is 11.7 Å². The minimum absolute atomic E-state index is 0.327. The van der Waals surface area contributed by atoms with E-state index in [1.165, 1.54) is 6.07 Å². The third-order valence-electron chi connectivity index (χ3n) is 2.43. The fourth-order valence-electron chi connectivity index (χ4n) is 1.78. The topological polar surface area (TPSA) is 20.3 Å². The normalized spacial score (nSPS) is 10.6. The molecule has 0 atom stereocenters. The van der Waals surface area contributed by atoms with E-state index >= 15 is 0 Å². The molecule has 0 aromatic heterocycles. The molecule has 0 unspecified atom stereocenters. The highest BCUT2D eigenvalue weighted by molar-refractivity contribution is 5.84. The van der Waals surface area contributed by atoms with Crippen molar-refractivity contribution in [1.82, 2.24) is 0 Å². The quantitative estimate of drug-likeness (QED) is 0.715. The molecule has 0 heterocycles. The summed E-state index contributed by atoms with van der Waals surface area (Å²) in [7, 11) is 0. The van der Waals surface area contributed by atoms with Crippen LogP contribution >= 0.6 is 0 Å². The summed E-state index contributed by atoms with van der Waals surface area (Å²) in [5, 5.41) is 0. The van der Waals surface area contributed by atoms with Gasteiger partial charge in [0, 0.05) is 18.7 Å². The van der Waals surface area contributed by atoms with E-state index in [4.69, 9.17) is 0 Å². The molecule has 0 fully saturated rings. The largest absolute Gasteiger partial charge is 0.369 e. The number of anilines is 1. The van der Waals surface area contributed by atoms with Crippen molar-refractivity contribution in [3.8, 4) is 0 Å². The van der Waals surface area contributed by atoms with Crippen molar-refractivity contribution in [1.29, 1.82) is 0 Å². The fraction of sp³-hybridized carbons (Fsp3) is 0.462. The summed E-state index contributed by atoms with van der Waals surface area (Å²) in [5.74, 6) is 0.103. The Balaban J connectivity index is 3.12. The van der Waals surface area contributed by atoms with E-state index in [1.54, 1.807) is 12.1 Å². The molecule has 0 saturated heterocycles. The predicted octanol–water partition coefficient (Wildman–Crippen LogP) is 3.12. The number of para-hydroxylation sites is 1. The Morgan fingerprint density at radius 1 is 1.44 bits per heavy atom. The Kier molecular flexibility index (Phi) is 4.47. The zero-order valence-electron chi connectivity index (χ0n) is 10.0. The van der Waals surface area contributed by atoms with Crippen molar-refractivity contribution in [2.75, 3.05) is 18.0 Å². The van der Waals surface area contributed by atoms with E-state index in [2.05, 4.69) is 13.8 Å². The first kappa shape index (κ1) is 12.7. The van der Waals surface area contributed by atoms with Gasteiger partial charge in [-0.2, -0.15) is 0 Å². The van der Waals surface area contributed by atoms with Crippen LogP contribution in [0.1, 0.15) is 31.1 Å². The molecule has 88 valence electrons. The smallest absolute Gasteiger partial charge is 0.152 e. The molecule has 1 aromatic carbocycles. The molecule has 0 bridgehead atoms. The van der Waals surface area contributed by atoms with Crippen molar-refractivity contribution >= 4 is 12.0 Å². The van der Waals surface area contributed by atoms with Crippen LogP contribution in [0.25, 0.3) is 0 Å². The molecule has 16 heavy (non-hydrogen) atoms. The summed E-state index contributed by atoms with van der Waals surface area (Å²) in [4.78, 5) is 12.8. The predicted molar refractivity (Wildman–Crippen MR) is 64.5 cm³/mol. The number of rotatable bonds is 5. The number of hydrogen-bond acceptors (Lipinski definition) is 2. The highest BCUT2D eigenvalue weighted by Gasteiger charge is 2.15. The van der Waals surface area contributed by atoms with Crippen molar-refractivity contribution in [3.05, 3.63) is 29.6 Å². The zero-order chi connectivity index (χ0) is 12.1. The first-order valence-corrected chi connectivity index (χ1v) is 5.58. The van der Waals surface area contributed by atoms with Gasteiger partial charge >= 0.3 is 0 Å². The van der Waals surface area contributed by atoms with Gasteiger partial charge in [0.2, 0.25) is 0 Å². The van der Waals surface area contributed by atoms with E-state index in [9.17, 15) is 9.18 Å². The molecule has 0 amide bonds. The Labute approximate surface area is 96.1 Å². The fourth-order valence-corrected chi connectivity index (χ4v) is 1.78. The Morgan fingerprint density at radius 2 is 2.12 bits per heavy atom. The van der Waals surface area contributed by atoms with E-state index in [0.29, 0.717) is 30.0 Å². The maximum Gasteiger partial charge on any atom is 0.152 e. The average molecular weight is 223 g/mol. The lowest BCUT2D eigenvalue weighted by atomic mass is 10.1. The lowest BCUT2D eigenvalue weighted by Gasteiger charge is -2.26. The van der Waals surface area contributed by atoms with Crippen LogP contribution in [0.3, 0.4) is 0 Å². The van der Waals surface area contributed by atoms with Gasteiger partial charge in [-0.1, -0.05) is 19.9 Å². The maximum absolute atomic E-state index is 13.7. The SMILES string of the molecule is CCN(CC(C)C)c1c(F)cccc1C=O. The molecule has 2 nitrogen and oxygen atoms in total. The summed E-state index contributed by atoms with van der Waals surface area (Å²) in [6.45, 7) is 7.55. The van der Waals surface area contributed by atoms with Gasteiger partial charge in [-0.15, -0.1) is 0 Å². The molecule has 0 aliphatic rings. The second kappa shape index (κ2) is 5.64. The van der Waals surface area contributed by atoms with Gasteiger partial charge in [0.1, 0.15) is 5.82 Å². The molecule has 0 saturated carbocycles. The van der Waals surface area contributed by atoms with Crippen LogP contribution in [-0.2, 0) is 0 Å². The van der Waals surface area contributed by atoms with Gasteiger partial charge in [-0.3, -0.25) is 4.79 Å². The summed E-state index contributed by atoms with van der Waals surface area (Å²) in [6.07, 6.45) is 0.710. The van der Waals surface area contributed by atoms with Crippen molar-refractivity contribution in [2.45, 2.75) is 20.8 Å². The third-order valence-corrected chi connectivity index (χ3v) is 2.43. The highest BCUT2D eigenvalue weighted by atomic mass is 19.1. The van der Waals surface area contributed by atoms with E-state index in [0.717, 1.165) is 6.54 Å². The summed E-state index contributed by atoms with van der Waals surface area (Å²) in [6, 6.07) is 4.60. The van der Waals surface area contributed by atoms with Crippen LogP contribution in [0.15, 0.2) is 18.2 Å². The van der Waals surface area contributed by atoms with Crippen molar-refractivity contribution in [2.24, 2.45) is 5.92 Å². The van der Waals surface area contributed by atoms with E-state index < -0.39 is 0 Å². The maximum atomic E-state index is 13.7. The number of halogens is 1. The molecule has 3 heteroatoms. The van der Waals surface area contributed by atoms with Crippen molar-refractivity contribution in [3.63, 3.8) is 0 Å². The highest BCUT2D eigenvalue weighted by Crippen LogP contribution is 2.23. The second-order valence-electron chi connectivity index (χ2n) is 4.23. The lowest BCUT2D eigenvalue weighted by Crippen LogP contribution is -2.29. The average Bonchev–Trinajstić information content (AvgIpc) is 2.25. The monoisotopic (exact) mass is 223 g/mol. The van der Waals surface area contributed by atoms with Gasteiger partial charge in [0.25, 0.3) is 0 Å². The lowest BCUT2D eigenvalue weighted by molar-refractivity contribution is 0.112. The number of carbonyl (C=O) groups excluding carboxylic acids is 1. The first-order valence-electron chi connectivity index (χ1n) is 5.58. The van der Waals surface area contributed by atoms with Crippen molar-refractivity contribution < 1.29 is 9.18 Å². The minimum atomic E-state index is -0.327. The molecule has 1 rings (SSSR count). The standard InChI is InChI=1S/C13H18FNO/c1-4-15(8-10(2)3)13-11(9-16)6-5-7-12(13)14/h5-7,9-10H,4,8H2,1-3H3. The number of benzene rings is 1. The summed E-state index contributed by atoms with van der Waals surface area (Å²) >= 11 is 0. The van der Waals surface area contributed by atoms with Gasteiger partial charge in [0.15, 0.2) is 6.29 Å². The number of hydrogen-bond donors (Lipinski definition) is 0. The summed E-state index contributed by atoms with van der Waals surface area (Å²) in [5.41, 5.74) is 0.844. The number of carbonyl (C=O) groups is 1. The second-order valence-corrected chi connectivity index (χ2v) is 4.23. The molecule has 1 aromatic rings. The van der Waals surface area contributed by atoms with E-state index in [1.807, 2.05) is 11.8 Å².